The van der Waals surface area contributed by atoms with Gasteiger partial charge in [0.25, 0.3) is 0 Å². The van der Waals surface area contributed by atoms with Crippen LogP contribution in [0.15, 0.2) is 71.7 Å². The molecule has 0 spiro atoms. The molecule has 0 fully saturated rings. The number of imidazole rings is 1. The van der Waals surface area contributed by atoms with Crippen LogP contribution in [-0.2, 0) is 0 Å². The molecule has 0 amide bonds. The van der Waals surface area contributed by atoms with Crippen LogP contribution in [0.4, 0.5) is 0 Å². The first-order valence-electron chi connectivity index (χ1n) is 9.52. The predicted octanol–water partition coefficient (Wildman–Crippen LogP) is 5.61. The fourth-order valence-corrected chi connectivity index (χ4v) is 3.11. The second-order valence-corrected chi connectivity index (χ2v) is 6.74. The van der Waals surface area contributed by atoms with Crippen molar-refractivity contribution >= 4 is 23.3 Å². The van der Waals surface area contributed by atoms with Crippen LogP contribution in [0.25, 0.3) is 23.3 Å². The van der Waals surface area contributed by atoms with E-state index in [1.165, 1.54) is 0 Å². The second kappa shape index (κ2) is 8.57. The molecule has 2 aromatic heterocycles. The van der Waals surface area contributed by atoms with E-state index in [0.717, 1.165) is 35.3 Å². The highest BCUT2D eigenvalue weighted by Crippen LogP contribution is 2.23. The summed E-state index contributed by atoms with van der Waals surface area (Å²) in [6.45, 7) is 2.87. The molecule has 0 saturated carbocycles. The quantitative estimate of drug-likeness (QED) is 0.376. The highest BCUT2D eigenvalue weighted by molar-refractivity contribution is 5.76. The van der Waals surface area contributed by atoms with Gasteiger partial charge in [-0.1, -0.05) is 30.3 Å². The van der Waals surface area contributed by atoms with Gasteiger partial charge in [0.15, 0.2) is 5.58 Å². The third kappa shape index (κ3) is 4.31. The topological polar surface area (TPSA) is 53.1 Å². The Bertz CT molecular complexity index is 1020. The van der Waals surface area contributed by atoms with Gasteiger partial charge in [0, 0.05) is 30.1 Å². The first kappa shape index (κ1) is 18.0. The summed E-state index contributed by atoms with van der Waals surface area (Å²) in [5, 5.41) is 0. The van der Waals surface area contributed by atoms with Gasteiger partial charge in [-0.3, -0.25) is 0 Å². The Hall–Kier alpha value is -3.34. The average molecular weight is 373 g/mol. The van der Waals surface area contributed by atoms with E-state index in [4.69, 9.17) is 9.15 Å². The summed E-state index contributed by atoms with van der Waals surface area (Å²) in [5.41, 5.74) is 2.66. The normalized spacial score (nSPS) is 12.6. The van der Waals surface area contributed by atoms with Gasteiger partial charge < -0.3 is 13.7 Å². The summed E-state index contributed by atoms with van der Waals surface area (Å²) >= 11 is 0. The lowest BCUT2D eigenvalue weighted by molar-refractivity contribution is 0.294. The Kier molecular flexibility index (Phi) is 5.52. The van der Waals surface area contributed by atoms with E-state index in [2.05, 4.69) is 21.5 Å². The van der Waals surface area contributed by atoms with Crippen molar-refractivity contribution in [2.75, 3.05) is 6.61 Å². The van der Waals surface area contributed by atoms with Gasteiger partial charge in [-0.05, 0) is 44.0 Å². The van der Waals surface area contributed by atoms with E-state index in [-0.39, 0.29) is 0 Å². The second-order valence-electron chi connectivity index (χ2n) is 6.74. The van der Waals surface area contributed by atoms with Crippen LogP contribution in [0.5, 0.6) is 5.75 Å². The predicted molar refractivity (Wildman–Crippen MR) is 111 cm³/mol. The number of fused-ring (bicyclic) bond motifs is 1. The van der Waals surface area contributed by atoms with Crippen LogP contribution >= 0.6 is 0 Å². The lowest BCUT2D eigenvalue weighted by atomic mass is 10.1. The average Bonchev–Trinajstić information content (AvgIpc) is 3.39. The molecule has 5 nitrogen and oxygen atoms in total. The van der Waals surface area contributed by atoms with Gasteiger partial charge in [0.2, 0.25) is 5.89 Å². The standard InChI is InChI=1S/C23H23N3O2/c1-18(26-15-14-24-17-26)7-6-16-27-21-10-4-2-8-19(21)12-13-23-25-20-9-3-5-11-22(20)28-23/h2-5,8-15,17-18H,6-7,16H2,1H3/b13-12+. The first-order valence-corrected chi connectivity index (χ1v) is 9.52. The zero-order valence-corrected chi connectivity index (χ0v) is 15.9. The fraction of sp³-hybridized carbons (Fsp3) is 0.217. The summed E-state index contributed by atoms with van der Waals surface area (Å²) in [4.78, 5) is 8.58. The minimum atomic E-state index is 0.417. The SMILES string of the molecule is CC(CCCOc1ccccc1/C=C/c1nc2ccccc2o1)n1ccnc1. The van der Waals surface area contributed by atoms with Gasteiger partial charge in [0.05, 0.1) is 12.9 Å². The number of oxazole rings is 1. The van der Waals surface area contributed by atoms with Gasteiger partial charge in [-0.25, -0.2) is 9.97 Å². The van der Waals surface area contributed by atoms with E-state index in [0.29, 0.717) is 18.5 Å². The van der Waals surface area contributed by atoms with Crippen molar-refractivity contribution < 1.29 is 9.15 Å². The molecule has 0 aliphatic heterocycles. The molecule has 0 bridgehead atoms. The van der Waals surface area contributed by atoms with Crippen molar-refractivity contribution in [1.82, 2.24) is 14.5 Å². The zero-order valence-electron chi connectivity index (χ0n) is 15.9. The number of nitrogens with zero attached hydrogens (tertiary/aromatic N) is 3. The Morgan fingerprint density at radius 1 is 1.11 bits per heavy atom. The largest absolute Gasteiger partial charge is 0.493 e. The zero-order chi connectivity index (χ0) is 19.2. The van der Waals surface area contributed by atoms with E-state index in [1.54, 1.807) is 0 Å². The molecule has 0 aliphatic carbocycles. The Balaban J connectivity index is 1.36. The summed E-state index contributed by atoms with van der Waals surface area (Å²) in [7, 11) is 0. The van der Waals surface area contributed by atoms with E-state index in [9.17, 15) is 0 Å². The first-order chi connectivity index (χ1) is 13.8. The molecule has 28 heavy (non-hydrogen) atoms. The van der Waals surface area contributed by atoms with Crippen molar-refractivity contribution in [2.45, 2.75) is 25.8 Å². The van der Waals surface area contributed by atoms with Gasteiger partial charge in [-0.2, -0.15) is 0 Å². The molecular formula is C23H23N3O2. The number of hydrogen-bond acceptors (Lipinski definition) is 4. The Morgan fingerprint density at radius 3 is 2.82 bits per heavy atom. The monoisotopic (exact) mass is 373 g/mol. The molecule has 0 aliphatic rings. The van der Waals surface area contributed by atoms with Crippen LogP contribution in [0.2, 0.25) is 0 Å². The highest BCUT2D eigenvalue weighted by Gasteiger charge is 2.06. The minimum Gasteiger partial charge on any atom is -0.493 e. The maximum absolute atomic E-state index is 6.03. The number of hydrogen-bond donors (Lipinski definition) is 0. The molecule has 0 radical (unpaired) electrons. The molecule has 4 rings (SSSR count). The Morgan fingerprint density at radius 2 is 1.96 bits per heavy atom. The van der Waals surface area contributed by atoms with Gasteiger partial charge in [-0.15, -0.1) is 0 Å². The molecular weight excluding hydrogens is 350 g/mol. The summed E-state index contributed by atoms with van der Waals surface area (Å²) in [5.74, 6) is 1.45. The molecule has 0 N–H and O–H groups in total. The molecule has 2 aromatic carbocycles. The summed E-state index contributed by atoms with van der Waals surface area (Å²) < 4.78 is 13.9. The molecule has 1 unspecified atom stereocenters. The fourth-order valence-electron chi connectivity index (χ4n) is 3.11. The maximum atomic E-state index is 6.03. The van der Waals surface area contributed by atoms with Gasteiger partial charge in [0.1, 0.15) is 11.3 Å². The number of rotatable bonds is 8. The van der Waals surface area contributed by atoms with Crippen LogP contribution in [0.1, 0.15) is 37.3 Å². The van der Waals surface area contributed by atoms with Crippen LogP contribution in [0.3, 0.4) is 0 Å². The van der Waals surface area contributed by atoms with E-state index >= 15 is 0 Å². The third-order valence-corrected chi connectivity index (χ3v) is 4.69. The van der Waals surface area contributed by atoms with Crippen LogP contribution in [0, 0.1) is 0 Å². The van der Waals surface area contributed by atoms with Crippen molar-refractivity contribution in [1.29, 1.82) is 0 Å². The molecule has 142 valence electrons. The lowest BCUT2D eigenvalue weighted by Crippen LogP contribution is -2.06. The number of ether oxygens (including phenoxy) is 1. The smallest absolute Gasteiger partial charge is 0.220 e. The molecule has 1 atom stereocenters. The van der Waals surface area contributed by atoms with Gasteiger partial charge >= 0.3 is 0 Å². The third-order valence-electron chi connectivity index (χ3n) is 4.69. The number of benzene rings is 2. The minimum absolute atomic E-state index is 0.417. The lowest BCUT2D eigenvalue weighted by Gasteiger charge is -2.14. The van der Waals surface area contributed by atoms with Crippen LogP contribution in [-0.4, -0.2) is 21.1 Å². The van der Waals surface area contributed by atoms with Crippen LogP contribution < -0.4 is 4.74 Å². The highest BCUT2D eigenvalue weighted by atomic mass is 16.5. The molecule has 4 aromatic rings. The summed E-state index contributed by atoms with van der Waals surface area (Å²) in [6, 6.07) is 16.2. The van der Waals surface area contributed by atoms with E-state index in [1.807, 2.05) is 79.4 Å². The Labute approximate surface area is 164 Å². The number of aromatic nitrogens is 3. The van der Waals surface area contributed by atoms with Crippen molar-refractivity contribution in [3.05, 3.63) is 78.7 Å². The van der Waals surface area contributed by atoms with E-state index < -0.39 is 0 Å². The van der Waals surface area contributed by atoms with Crippen molar-refractivity contribution in [2.24, 2.45) is 0 Å². The molecule has 5 heteroatoms. The van der Waals surface area contributed by atoms with Crippen molar-refractivity contribution in [3.8, 4) is 5.75 Å². The number of para-hydroxylation sites is 3. The van der Waals surface area contributed by atoms with Crippen molar-refractivity contribution in [3.63, 3.8) is 0 Å². The molecule has 2 heterocycles. The molecule has 0 saturated heterocycles. The maximum Gasteiger partial charge on any atom is 0.220 e. The summed E-state index contributed by atoms with van der Waals surface area (Å²) in [6.07, 6.45) is 11.5.